The molecule has 0 saturated heterocycles. The summed E-state index contributed by atoms with van der Waals surface area (Å²) in [7, 11) is 1.31. The maximum absolute atomic E-state index is 11.5. The van der Waals surface area contributed by atoms with Crippen molar-refractivity contribution in [3.8, 4) is 5.75 Å². The first-order valence-corrected chi connectivity index (χ1v) is 7.02. The number of methoxy groups -OCH3 is 1. The van der Waals surface area contributed by atoms with E-state index in [1.807, 2.05) is 0 Å². The summed E-state index contributed by atoms with van der Waals surface area (Å²) in [4.78, 5) is 21.6. The van der Waals surface area contributed by atoms with Crippen molar-refractivity contribution in [3.63, 3.8) is 0 Å². The third-order valence-electron chi connectivity index (χ3n) is 3.47. The number of ether oxygens (including phenoxy) is 2. The van der Waals surface area contributed by atoms with Gasteiger partial charge >= 0.3 is 5.97 Å². The zero-order chi connectivity index (χ0) is 15.6. The Morgan fingerprint density at radius 1 is 1.38 bits per heavy atom. The van der Waals surface area contributed by atoms with Crippen molar-refractivity contribution in [1.82, 2.24) is 0 Å². The lowest BCUT2D eigenvalue weighted by Crippen LogP contribution is -2.45. The van der Waals surface area contributed by atoms with Crippen LogP contribution >= 0.6 is 23.2 Å². The van der Waals surface area contributed by atoms with Crippen LogP contribution in [-0.4, -0.2) is 23.6 Å². The number of carbonyl (C=O) groups excluding carboxylic acids is 1. The first-order valence-electron chi connectivity index (χ1n) is 6.26. The van der Waals surface area contributed by atoms with Gasteiger partial charge in [-0.25, -0.2) is 0 Å². The fraction of sp³-hybridized carbons (Fsp3) is 0.462. The molecule has 1 saturated carbocycles. The summed E-state index contributed by atoms with van der Waals surface area (Å²) in [5.74, 6) is -0.226. The van der Waals surface area contributed by atoms with Gasteiger partial charge in [-0.05, 0) is 19.3 Å². The van der Waals surface area contributed by atoms with Crippen LogP contribution in [0.5, 0.6) is 5.75 Å². The second-order valence-corrected chi connectivity index (χ2v) is 5.70. The minimum atomic E-state index is -0.698. The number of carbonyl (C=O) groups is 1. The van der Waals surface area contributed by atoms with Crippen LogP contribution in [0.3, 0.4) is 0 Å². The molecule has 0 aliphatic heterocycles. The highest BCUT2D eigenvalue weighted by molar-refractivity contribution is 6.37. The van der Waals surface area contributed by atoms with Crippen LogP contribution in [0, 0.1) is 10.1 Å². The van der Waals surface area contributed by atoms with E-state index in [9.17, 15) is 14.9 Å². The van der Waals surface area contributed by atoms with E-state index in [0.717, 1.165) is 6.42 Å². The molecule has 0 N–H and O–H groups in total. The number of hydrogen-bond donors (Lipinski definition) is 0. The molecule has 6 nitrogen and oxygen atoms in total. The molecule has 0 bridgehead atoms. The summed E-state index contributed by atoms with van der Waals surface area (Å²) in [6.07, 6.45) is 2.35. The first-order chi connectivity index (χ1) is 9.87. The fourth-order valence-corrected chi connectivity index (χ4v) is 2.74. The monoisotopic (exact) mass is 333 g/mol. The number of non-ortho nitro benzene ring substituents is 1. The number of benzene rings is 1. The molecule has 0 radical (unpaired) electrons. The number of halogens is 2. The summed E-state index contributed by atoms with van der Waals surface area (Å²) < 4.78 is 10.5. The average molecular weight is 334 g/mol. The Kier molecular flexibility index (Phi) is 4.58. The van der Waals surface area contributed by atoms with Crippen molar-refractivity contribution in [2.45, 2.75) is 31.3 Å². The molecule has 1 aliphatic carbocycles. The van der Waals surface area contributed by atoms with Crippen molar-refractivity contribution < 1.29 is 19.2 Å². The molecule has 1 aliphatic rings. The van der Waals surface area contributed by atoms with Crippen LogP contribution < -0.4 is 4.74 Å². The number of nitro benzene ring substituents is 1. The van der Waals surface area contributed by atoms with E-state index in [1.165, 1.54) is 19.2 Å². The Morgan fingerprint density at radius 2 is 1.95 bits per heavy atom. The van der Waals surface area contributed by atoms with Crippen LogP contribution in [0.15, 0.2) is 12.1 Å². The lowest BCUT2D eigenvalue weighted by molar-refractivity contribution is -0.384. The molecular formula is C13H13Cl2NO5. The van der Waals surface area contributed by atoms with Gasteiger partial charge in [-0.1, -0.05) is 23.2 Å². The van der Waals surface area contributed by atoms with Crippen LogP contribution in [-0.2, 0) is 9.53 Å². The molecule has 0 aromatic heterocycles. The van der Waals surface area contributed by atoms with Gasteiger partial charge in [-0.2, -0.15) is 0 Å². The predicted octanol–water partition coefficient (Wildman–Crippen LogP) is 3.77. The quantitative estimate of drug-likeness (QED) is 0.465. The lowest BCUT2D eigenvalue weighted by atomic mass is 9.77. The molecule has 0 unspecified atom stereocenters. The van der Waals surface area contributed by atoms with E-state index in [-0.39, 0.29) is 33.9 Å². The third kappa shape index (κ3) is 3.39. The van der Waals surface area contributed by atoms with Crippen LogP contribution in [0.2, 0.25) is 10.0 Å². The topological polar surface area (TPSA) is 78.7 Å². The second-order valence-electron chi connectivity index (χ2n) is 4.89. The highest BCUT2D eigenvalue weighted by atomic mass is 35.5. The van der Waals surface area contributed by atoms with E-state index in [4.69, 9.17) is 27.9 Å². The molecular weight excluding hydrogens is 321 g/mol. The van der Waals surface area contributed by atoms with Gasteiger partial charge in [0.2, 0.25) is 0 Å². The summed E-state index contributed by atoms with van der Waals surface area (Å²) in [5.41, 5.74) is -0.913. The highest BCUT2D eigenvalue weighted by Crippen LogP contribution is 2.45. The molecule has 0 amide bonds. The zero-order valence-electron chi connectivity index (χ0n) is 11.2. The molecule has 0 atom stereocenters. The van der Waals surface area contributed by atoms with E-state index in [2.05, 4.69) is 4.74 Å². The average Bonchev–Trinajstić information content (AvgIpc) is 2.38. The minimum absolute atomic E-state index is 0.0466. The largest absolute Gasteiger partial charge is 0.484 e. The number of rotatable bonds is 5. The fourth-order valence-electron chi connectivity index (χ4n) is 2.19. The summed E-state index contributed by atoms with van der Waals surface area (Å²) >= 11 is 12.0. The Hall–Kier alpha value is -1.53. The zero-order valence-corrected chi connectivity index (χ0v) is 12.7. The smallest absolute Gasteiger partial charge is 0.309 e. The van der Waals surface area contributed by atoms with E-state index < -0.39 is 10.5 Å². The summed E-state index contributed by atoms with van der Waals surface area (Å²) in [5, 5.41) is 10.8. The minimum Gasteiger partial charge on any atom is -0.484 e. The number of nitro groups is 1. The summed E-state index contributed by atoms with van der Waals surface area (Å²) in [6.45, 7) is 0. The summed E-state index contributed by atoms with van der Waals surface area (Å²) in [6, 6.07) is 2.35. The van der Waals surface area contributed by atoms with E-state index >= 15 is 0 Å². The third-order valence-corrected chi connectivity index (χ3v) is 4.03. The maximum atomic E-state index is 11.5. The van der Waals surface area contributed by atoms with Crippen LogP contribution in [0.25, 0.3) is 0 Å². The van der Waals surface area contributed by atoms with Crippen molar-refractivity contribution in [2.24, 2.45) is 0 Å². The van der Waals surface area contributed by atoms with Crippen LogP contribution in [0.4, 0.5) is 5.69 Å². The maximum Gasteiger partial charge on any atom is 0.309 e. The predicted molar refractivity (Wildman–Crippen MR) is 77.0 cm³/mol. The van der Waals surface area contributed by atoms with Gasteiger partial charge in [0.15, 0.2) is 5.75 Å². The van der Waals surface area contributed by atoms with E-state index in [1.54, 1.807) is 0 Å². The van der Waals surface area contributed by atoms with Crippen molar-refractivity contribution in [1.29, 1.82) is 0 Å². The first kappa shape index (κ1) is 15.9. The standard InChI is InChI=1S/C13H13Cl2NO5/c1-20-11(17)7-13(3-2-4-13)21-12-9(14)5-8(16(18)19)6-10(12)15/h5-6H,2-4,7H2,1H3. The van der Waals surface area contributed by atoms with Gasteiger partial charge in [0, 0.05) is 12.1 Å². The van der Waals surface area contributed by atoms with Gasteiger partial charge in [-0.15, -0.1) is 0 Å². The lowest BCUT2D eigenvalue weighted by Gasteiger charge is -2.41. The van der Waals surface area contributed by atoms with Crippen molar-refractivity contribution >= 4 is 34.9 Å². The molecule has 0 heterocycles. The Morgan fingerprint density at radius 3 is 2.33 bits per heavy atom. The number of nitrogens with zero attached hydrogens (tertiary/aromatic N) is 1. The molecule has 1 fully saturated rings. The van der Waals surface area contributed by atoms with Gasteiger partial charge in [0.1, 0.15) is 5.60 Å². The second kappa shape index (κ2) is 6.07. The molecule has 21 heavy (non-hydrogen) atoms. The normalized spacial score (nSPS) is 16.0. The molecule has 2 rings (SSSR count). The number of hydrogen-bond acceptors (Lipinski definition) is 5. The highest BCUT2D eigenvalue weighted by Gasteiger charge is 2.42. The van der Waals surface area contributed by atoms with Gasteiger partial charge in [0.25, 0.3) is 5.69 Å². The Bertz CT molecular complexity index is 563. The molecule has 114 valence electrons. The van der Waals surface area contributed by atoms with Crippen molar-refractivity contribution in [3.05, 3.63) is 32.3 Å². The Labute approximate surface area is 131 Å². The molecule has 1 aromatic rings. The Balaban J connectivity index is 2.26. The van der Waals surface area contributed by atoms with Gasteiger partial charge in [0.05, 0.1) is 28.5 Å². The van der Waals surface area contributed by atoms with Gasteiger partial charge in [-0.3, -0.25) is 14.9 Å². The molecule has 0 spiro atoms. The molecule has 1 aromatic carbocycles. The SMILES string of the molecule is COC(=O)CC1(Oc2c(Cl)cc([N+](=O)[O-])cc2Cl)CCC1. The number of esters is 1. The molecule has 8 heteroatoms. The van der Waals surface area contributed by atoms with Crippen LogP contribution in [0.1, 0.15) is 25.7 Å². The van der Waals surface area contributed by atoms with Gasteiger partial charge < -0.3 is 9.47 Å². The van der Waals surface area contributed by atoms with E-state index in [0.29, 0.717) is 12.8 Å². The van der Waals surface area contributed by atoms with Crippen molar-refractivity contribution in [2.75, 3.05) is 7.11 Å².